The number of nitrogens with one attached hydrogen (secondary N) is 1. The molecule has 0 unspecified atom stereocenters. The third-order valence-corrected chi connectivity index (χ3v) is 4.94. The summed E-state index contributed by atoms with van der Waals surface area (Å²) in [4.78, 5) is 20.9. The van der Waals surface area contributed by atoms with Crippen LogP contribution in [0.5, 0.6) is 0 Å². The molecule has 0 spiro atoms. The molecule has 0 saturated heterocycles. The molecule has 32 heavy (non-hydrogen) atoms. The lowest BCUT2D eigenvalue weighted by molar-refractivity contribution is -0.147. The predicted octanol–water partition coefficient (Wildman–Crippen LogP) is 5.18. The minimum atomic E-state index is -4.70. The van der Waals surface area contributed by atoms with E-state index in [4.69, 9.17) is 4.52 Å². The van der Waals surface area contributed by atoms with Gasteiger partial charge in [0.05, 0.1) is 22.3 Å². The van der Waals surface area contributed by atoms with Crippen molar-refractivity contribution >= 4 is 22.6 Å². The minimum absolute atomic E-state index is 0.0469. The van der Waals surface area contributed by atoms with E-state index in [0.29, 0.717) is 22.6 Å². The molecule has 0 saturated carbocycles. The van der Waals surface area contributed by atoms with Crippen LogP contribution in [0.15, 0.2) is 47.0 Å². The van der Waals surface area contributed by atoms with Gasteiger partial charge in [-0.05, 0) is 30.7 Å². The van der Waals surface area contributed by atoms with Gasteiger partial charge in [-0.25, -0.2) is 4.98 Å². The molecule has 2 aromatic carbocycles. The standard InChI is InChI=1S/C22H20F3N5O2/c1-12(2)19-28-20(32-29-19)14-8-6-7-13(3)18(14)27-17(31)11-30-16-10-5-4-9-15(16)26-21(30)22(23,24)25/h4-10,12H,11H2,1-3H3,(H,27,31). The number of fused-ring (bicyclic) bond motifs is 1. The average molecular weight is 443 g/mol. The van der Waals surface area contributed by atoms with Crippen molar-refractivity contribution in [1.82, 2.24) is 19.7 Å². The molecule has 2 aromatic heterocycles. The third-order valence-electron chi connectivity index (χ3n) is 4.94. The van der Waals surface area contributed by atoms with E-state index in [1.165, 1.54) is 12.1 Å². The number of aryl methyl sites for hydroxylation is 1. The summed E-state index contributed by atoms with van der Waals surface area (Å²) in [5.74, 6) is -0.990. The van der Waals surface area contributed by atoms with Gasteiger partial charge in [-0.15, -0.1) is 0 Å². The van der Waals surface area contributed by atoms with Crippen LogP contribution in [0.25, 0.3) is 22.5 Å². The first-order valence-electron chi connectivity index (χ1n) is 9.91. The number of hydrogen-bond acceptors (Lipinski definition) is 5. The molecule has 7 nitrogen and oxygen atoms in total. The van der Waals surface area contributed by atoms with Gasteiger partial charge in [-0.1, -0.05) is 43.3 Å². The highest BCUT2D eigenvalue weighted by atomic mass is 19.4. The molecule has 0 fully saturated rings. The zero-order valence-corrected chi connectivity index (χ0v) is 17.6. The van der Waals surface area contributed by atoms with E-state index in [1.807, 2.05) is 13.8 Å². The van der Waals surface area contributed by atoms with Gasteiger partial charge in [0, 0.05) is 5.92 Å². The van der Waals surface area contributed by atoms with Crippen molar-refractivity contribution in [2.24, 2.45) is 0 Å². The van der Waals surface area contributed by atoms with Crippen LogP contribution in [0.4, 0.5) is 18.9 Å². The molecule has 4 aromatic rings. The van der Waals surface area contributed by atoms with E-state index in [2.05, 4.69) is 20.4 Å². The topological polar surface area (TPSA) is 85.8 Å². The van der Waals surface area contributed by atoms with Crippen LogP contribution in [0.1, 0.15) is 37.0 Å². The zero-order valence-electron chi connectivity index (χ0n) is 17.6. The van der Waals surface area contributed by atoms with Gasteiger partial charge in [0.25, 0.3) is 5.89 Å². The maximum absolute atomic E-state index is 13.5. The summed E-state index contributed by atoms with van der Waals surface area (Å²) < 4.78 is 46.8. The Morgan fingerprint density at radius 2 is 1.88 bits per heavy atom. The molecular weight excluding hydrogens is 423 g/mol. The Bertz CT molecular complexity index is 1290. The minimum Gasteiger partial charge on any atom is -0.334 e. The van der Waals surface area contributed by atoms with Crippen molar-refractivity contribution in [3.8, 4) is 11.5 Å². The Kier molecular flexibility index (Phi) is 5.45. The summed E-state index contributed by atoms with van der Waals surface area (Å²) in [6.07, 6.45) is -4.70. The fourth-order valence-electron chi connectivity index (χ4n) is 3.37. The van der Waals surface area contributed by atoms with Crippen LogP contribution in [-0.4, -0.2) is 25.6 Å². The normalized spacial score (nSPS) is 12.0. The molecule has 1 N–H and O–H groups in total. The number of alkyl halides is 3. The molecule has 1 amide bonds. The van der Waals surface area contributed by atoms with Crippen LogP contribution < -0.4 is 5.32 Å². The van der Waals surface area contributed by atoms with E-state index >= 15 is 0 Å². The lowest BCUT2D eigenvalue weighted by Crippen LogP contribution is -2.24. The first-order valence-corrected chi connectivity index (χ1v) is 9.91. The summed E-state index contributed by atoms with van der Waals surface area (Å²) in [5.41, 5.74) is 1.97. The number of carbonyl (C=O) groups excluding carboxylic acids is 1. The lowest BCUT2D eigenvalue weighted by atomic mass is 10.1. The van der Waals surface area contributed by atoms with Crippen molar-refractivity contribution in [2.45, 2.75) is 39.4 Å². The Labute approximate surface area is 181 Å². The van der Waals surface area contributed by atoms with Crippen LogP contribution in [-0.2, 0) is 17.5 Å². The molecule has 0 bridgehead atoms. The van der Waals surface area contributed by atoms with Gasteiger partial charge in [0.2, 0.25) is 11.7 Å². The van der Waals surface area contributed by atoms with Crippen molar-refractivity contribution in [3.63, 3.8) is 0 Å². The number of benzene rings is 2. The summed E-state index contributed by atoms with van der Waals surface area (Å²) in [5, 5.41) is 6.65. The molecule has 0 aliphatic heterocycles. The van der Waals surface area contributed by atoms with Gasteiger partial charge in [0.1, 0.15) is 6.54 Å². The second-order valence-electron chi connectivity index (χ2n) is 7.67. The second-order valence-corrected chi connectivity index (χ2v) is 7.67. The zero-order chi connectivity index (χ0) is 23.0. The lowest BCUT2D eigenvalue weighted by Gasteiger charge is -2.14. The molecule has 0 aliphatic carbocycles. The Morgan fingerprint density at radius 3 is 2.56 bits per heavy atom. The third kappa shape index (κ3) is 4.08. The monoisotopic (exact) mass is 443 g/mol. The number of carbonyl (C=O) groups is 1. The molecular formula is C22H20F3N5O2. The molecule has 10 heteroatoms. The summed E-state index contributed by atoms with van der Waals surface area (Å²) in [6, 6.07) is 11.4. The highest BCUT2D eigenvalue weighted by Gasteiger charge is 2.38. The van der Waals surface area contributed by atoms with Crippen molar-refractivity contribution in [1.29, 1.82) is 0 Å². The van der Waals surface area contributed by atoms with Crippen molar-refractivity contribution < 1.29 is 22.5 Å². The number of anilines is 1. The SMILES string of the molecule is Cc1cccc(-c2nc(C(C)C)no2)c1NC(=O)Cn1c(C(F)(F)F)nc2ccccc21. The largest absolute Gasteiger partial charge is 0.449 e. The highest BCUT2D eigenvalue weighted by molar-refractivity contribution is 5.96. The van der Waals surface area contributed by atoms with Gasteiger partial charge in [-0.2, -0.15) is 18.2 Å². The molecule has 0 aliphatic rings. The number of para-hydroxylation sites is 3. The van der Waals surface area contributed by atoms with Crippen LogP contribution in [0, 0.1) is 6.92 Å². The highest BCUT2D eigenvalue weighted by Crippen LogP contribution is 2.33. The van der Waals surface area contributed by atoms with Gasteiger partial charge in [-0.3, -0.25) is 4.79 Å². The van der Waals surface area contributed by atoms with E-state index < -0.39 is 24.5 Å². The number of amides is 1. The number of imidazole rings is 1. The van der Waals surface area contributed by atoms with Gasteiger partial charge < -0.3 is 14.4 Å². The number of hydrogen-bond donors (Lipinski definition) is 1. The van der Waals surface area contributed by atoms with Crippen LogP contribution >= 0.6 is 0 Å². The number of aromatic nitrogens is 4. The fourth-order valence-corrected chi connectivity index (χ4v) is 3.37. The maximum atomic E-state index is 13.5. The number of halogens is 3. The second kappa shape index (κ2) is 8.10. The smallest absolute Gasteiger partial charge is 0.334 e. The van der Waals surface area contributed by atoms with E-state index in [0.717, 1.165) is 4.57 Å². The van der Waals surface area contributed by atoms with Crippen molar-refractivity contribution in [2.75, 3.05) is 5.32 Å². The van der Waals surface area contributed by atoms with E-state index in [9.17, 15) is 18.0 Å². The van der Waals surface area contributed by atoms with E-state index in [-0.39, 0.29) is 22.8 Å². The van der Waals surface area contributed by atoms with E-state index in [1.54, 1.807) is 37.3 Å². The van der Waals surface area contributed by atoms with Crippen LogP contribution in [0.2, 0.25) is 0 Å². The molecule has 0 radical (unpaired) electrons. The maximum Gasteiger partial charge on any atom is 0.449 e. The summed E-state index contributed by atoms with van der Waals surface area (Å²) in [6.45, 7) is 5.04. The average Bonchev–Trinajstić information content (AvgIpc) is 3.35. The quantitative estimate of drug-likeness (QED) is 0.460. The van der Waals surface area contributed by atoms with Gasteiger partial charge >= 0.3 is 6.18 Å². The summed E-state index contributed by atoms with van der Waals surface area (Å²) >= 11 is 0. The summed E-state index contributed by atoms with van der Waals surface area (Å²) in [7, 11) is 0. The first kappa shape index (κ1) is 21.5. The Hall–Kier alpha value is -3.69. The Balaban J connectivity index is 1.68. The fraction of sp³-hybridized carbons (Fsp3) is 0.273. The van der Waals surface area contributed by atoms with Gasteiger partial charge in [0.15, 0.2) is 5.82 Å². The first-order chi connectivity index (χ1) is 15.1. The van der Waals surface area contributed by atoms with Crippen molar-refractivity contribution in [3.05, 3.63) is 59.7 Å². The number of nitrogens with zero attached hydrogens (tertiary/aromatic N) is 4. The molecule has 0 atom stereocenters. The molecule has 2 heterocycles. The molecule has 166 valence electrons. The Morgan fingerprint density at radius 1 is 1.12 bits per heavy atom. The molecule has 4 rings (SSSR count). The predicted molar refractivity (Wildman–Crippen MR) is 112 cm³/mol. The number of rotatable bonds is 5. The van der Waals surface area contributed by atoms with Crippen LogP contribution in [0.3, 0.4) is 0 Å².